The highest BCUT2D eigenvalue weighted by molar-refractivity contribution is 7.99. The second kappa shape index (κ2) is 10.6. The van der Waals surface area contributed by atoms with Crippen LogP contribution in [0.25, 0.3) is 5.69 Å². The van der Waals surface area contributed by atoms with Crippen LogP contribution >= 0.6 is 11.8 Å². The van der Waals surface area contributed by atoms with Gasteiger partial charge in [0.05, 0.1) is 5.69 Å². The first-order valence-electron chi connectivity index (χ1n) is 9.81. The molecule has 0 spiro atoms. The topological polar surface area (TPSA) is 64.9 Å². The van der Waals surface area contributed by atoms with Crippen molar-refractivity contribution in [3.8, 4) is 11.4 Å². The zero-order chi connectivity index (χ0) is 20.4. The largest absolute Gasteiger partial charge is 0.489 e. The Hall–Kier alpha value is -3.16. The van der Waals surface area contributed by atoms with E-state index in [2.05, 4.69) is 45.1 Å². The molecular weight excluding hydrogens is 394 g/mol. The van der Waals surface area contributed by atoms with Gasteiger partial charge in [-0.05, 0) is 45.8 Å². The first kappa shape index (κ1) is 20.1. The fraction of sp³-hybridized carbons (Fsp3) is 0.174. The Morgan fingerprint density at radius 2 is 1.57 bits per heavy atom. The van der Waals surface area contributed by atoms with Crippen molar-refractivity contribution >= 4 is 11.8 Å². The Balaban J connectivity index is 1.18. The summed E-state index contributed by atoms with van der Waals surface area (Å²) in [5.41, 5.74) is 3.35. The van der Waals surface area contributed by atoms with Crippen molar-refractivity contribution in [2.24, 2.45) is 0 Å². The molecular formula is C23H23N5OS. The van der Waals surface area contributed by atoms with E-state index in [1.165, 1.54) is 11.1 Å². The van der Waals surface area contributed by atoms with Gasteiger partial charge in [-0.3, -0.25) is 0 Å². The minimum absolute atomic E-state index is 0.581. The number of tetrazole rings is 1. The Morgan fingerprint density at radius 3 is 2.33 bits per heavy atom. The standard InChI is InChI=1S/C23H23N5OS/c1-3-7-20(8-4-1)18-29-22-13-11-19(12-14-22)17-24-15-16-30-23-25-26-27-28(23)21-9-5-2-6-10-21/h1-14,24H,15-18H2. The minimum Gasteiger partial charge on any atom is -0.489 e. The Morgan fingerprint density at radius 1 is 0.833 bits per heavy atom. The van der Waals surface area contributed by atoms with Crippen LogP contribution in [0.1, 0.15) is 11.1 Å². The molecule has 0 aliphatic heterocycles. The van der Waals surface area contributed by atoms with Crippen LogP contribution in [0.2, 0.25) is 0 Å². The SMILES string of the molecule is c1ccc(COc2ccc(CNCCSc3nnnn3-c3ccccc3)cc2)cc1. The monoisotopic (exact) mass is 417 g/mol. The number of rotatable bonds is 10. The summed E-state index contributed by atoms with van der Waals surface area (Å²) in [5.74, 6) is 1.76. The first-order chi connectivity index (χ1) is 14.9. The molecule has 1 heterocycles. The van der Waals surface area contributed by atoms with Crippen LogP contribution in [0.15, 0.2) is 90.1 Å². The average Bonchev–Trinajstić information content (AvgIpc) is 3.28. The van der Waals surface area contributed by atoms with Gasteiger partial charge < -0.3 is 10.1 Å². The van der Waals surface area contributed by atoms with E-state index in [1.807, 2.05) is 60.7 Å². The summed E-state index contributed by atoms with van der Waals surface area (Å²) in [4.78, 5) is 0. The van der Waals surface area contributed by atoms with Crippen LogP contribution in [-0.2, 0) is 13.2 Å². The third-order valence-electron chi connectivity index (χ3n) is 4.45. The molecule has 7 heteroatoms. The highest BCUT2D eigenvalue weighted by Crippen LogP contribution is 2.17. The second-order valence-electron chi connectivity index (χ2n) is 6.65. The summed E-state index contributed by atoms with van der Waals surface area (Å²) in [6, 6.07) is 28.3. The normalized spacial score (nSPS) is 10.8. The molecule has 6 nitrogen and oxygen atoms in total. The van der Waals surface area contributed by atoms with E-state index in [4.69, 9.17) is 4.74 Å². The number of ether oxygens (including phenoxy) is 1. The number of benzene rings is 3. The third kappa shape index (κ3) is 5.68. The van der Waals surface area contributed by atoms with Crippen molar-refractivity contribution in [2.45, 2.75) is 18.3 Å². The molecule has 0 saturated heterocycles. The number of nitrogens with zero attached hydrogens (tertiary/aromatic N) is 4. The van der Waals surface area contributed by atoms with Crippen molar-refractivity contribution in [1.29, 1.82) is 0 Å². The lowest BCUT2D eigenvalue weighted by molar-refractivity contribution is 0.306. The Labute approximate surface area is 180 Å². The number of aromatic nitrogens is 4. The van der Waals surface area contributed by atoms with Crippen LogP contribution in [0.4, 0.5) is 0 Å². The molecule has 152 valence electrons. The van der Waals surface area contributed by atoms with E-state index in [0.29, 0.717) is 6.61 Å². The predicted molar refractivity (Wildman–Crippen MR) is 119 cm³/mol. The lowest BCUT2D eigenvalue weighted by Crippen LogP contribution is -2.16. The maximum absolute atomic E-state index is 5.83. The van der Waals surface area contributed by atoms with Crippen molar-refractivity contribution in [2.75, 3.05) is 12.3 Å². The van der Waals surface area contributed by atoms with Gasteiger partial charge in [-0.2, -0.15) is 4.68 Å². The third-order valence-corrected chi connectivity index (χ3v) is 5.37. The molecule has 4 aromatic rings. The fourth-order valence-corrected chi connectivity index (χ4v) is 3.68. The molecule has 0 unspecified atom stereocenters. The van der Waals surface area contributed by atoms with Crippen LogP contribution in [0.3, 0.4) is 0 Å². The molecule has 1 N–H and O–H groups in total. The number of para-hydroxylation sites is 1. The lowest BCUT2D eigenvalue weighted by Gasteiger charge is -2.08. The van der Waals surface area contributed by atoms with E-state index in [1.54, 1.807) is 16.4 Å². The summed E-state index contributed by atoms with van der Waals surface area (Å²) in [5, 5.41) is 16.3. The average molecular weight is 418 g/mol. The van der Waals surface area contributed by atoms with Crippen LogP contribution in [0, 0.1) is 0 Å². The molecule has 4 rings (SSSR count). The molecule has 0 atom stereocenters. The Kier molecular flexibility index (Phi) is 7.09. The maximum Gasteiger partial charge on any atom is 0.214 e. The van der Waals surface area contributed by atoms with Gasteiger partial charge in [-0.25, -0.2) is 0 Å². The van der Waals surface area contributed by atoms with Crippen molar-refractivity contribution in [3.63, 3.8) is 0 Å². The highest BCUT2D eigenvalue weighted by Gasteiger charge is 2.08. The molecule has 30 heavy (non-hydrogen) atoms. The van der Waals surface area contributed by atoms with Crippen LogP contribution in [-0.4, -0.2) is 32.5 Å². The van der Waals surface area contributed by atoms with Crippen molar-refractivity contribution in [1.82, 2.24) is 25.5 Å². The summed E-state index contributed by atoms with van der Waals surface area (Å²) >= 11 is 1.63. The molecule has 3 aromatic carbocycles. The summed E-state index contributed by atoms with van der Waals surface area (Å²) in [7, 11) is 0. The predicted octanol–water partition coefficient (Wildman–Crippen LogP) is 4.12. The first-order valence-corrected chi connectivity index (χ1v) is 10.8. The summed E-state index contributed by atoms with van der Waals surface area (Å²) in [6.07, 6.45) is 0. The van der Waals surface area contributed by atoms with Crippen LogP contribution < -0.4 is 10.1 Å². The van der Waals surface area contributed by atoms with Gasteiger partial charge in [-0.15, -0.1) is 5.10 Å². The van der Waals surface area contributed by atoms with Gasteiger partial charge in [0, 0.05) is 18.8 Å². The van der Waals surface area contributed by atoms with Crippen molar-refractivity contribution < 1.29 is 4.74 Å². The number of hydrogen-bond donors (Lipinski definition) is 1. The number of hydrogen-bond acceptors (Lipinski definition) is 6. The number of nitrogens with one attached hydrogen (secondary N) is 1. The fourth-order valence-electron chi connectivity index (χ4n) is 2.89. The molecule has 0 amide bonds. The van der Waals surface area contributed by atoms with E-state index < -0.39 is 0 Å². The molecule has 0 saturated carbocycles. The molecule has 1 aromatic heterocycles. The van der Waals surface area contributed by atoms with Gasteiger partial charge in [0.1, 0.15) is 12.4 Å². The maximum atomic E-state index is 5.83. The highest BCUT2D eigenvalue weighted by atomic mass is 32.2. The molecule has 0 bridgehead atoms. The summed E-state index contributed by atoms with van der Waals surface area (Å²) in [6.45, 7) is 2.25. The summed E-state index contributed by atoms with van der Waals surface area (Å²) < 4.78 is 7.60. The van der Waals surface area contributed by atoms with Gasteiger partial charge in [-0.1, -0.05) is 72.4 Å². The molecule has 0 radical (unpaired) electrons. The zero-order valence-corrected chi connectivity index (χ0v) is 17.3. The second-order valence-corrected chi connectivity index (χ2v) is 7.71. The Bertz CT molecular complexity index is 1020. The molecule has 0 aliphatic rings. The zero-order valence-electron chi connectivity index (χ0n) is 16.5. The van der Waals surface area contributed by atoms with Gasteiger partial charge in [0.25, 0.3) is 0 Å². The molecule has 0 aliphatic carbocycles. The van der Waals surface area contributed by atoms with Gasteiger partial charge >= 0.3 is 0 Å². The lowest BCUT2D eigenvalue weighted by atomic mass is 10.2. The number of thioether (sulfide) groups is 1. The minimum atomic E-state index is 0.581. The van der Waals surface area contributed by atoms with Crippen molar-refractivity contribution in [3.05, 3.63) is 96.1 Å². The van der Waals surface area contributed by atoms with Gasteiger partial charge in [0.2, 0.25) is 5.16 Å². The van der Waals surface area contributed by atoms with Crippen LogP contribution in [0.5, 0.6) is 5.75 Å². The van der Waals surface area contributed by atoms with Gasteiger partial charge in [0.15, 0.2) is 0 Å². The van der Waals surface area contributed by atoms with E-state index >= 15 is 0 Å². The van der Waals surface area contributed by atoms with E-state index in [0.717, 1.165) is 35.4 Å². The van der Waals surface area contributed by atoms with E-state index in [-0.39, 0.29) is 0 Å². The van der Waals surface area contributed by atoms with E-state index in [9.17, 15) is 0 Å². The quantitative estimate of drug-likeness (QED) is 0.309. The smallest absolute Gasteiger partial charge is 0.214 e. The molecule has 0 fully saturated rings.